The molecule has 0 saturated carbocycles. The maximum Gasteiger partial charge on any atom is 0.336 e. The lowest BCUT2D eigenvalue weighted by atomic mass is 9.78. The minimum absolute atomic E-state index is 0.271. The van der Waals surface area contributed by atoms with Crippen LogP contribution in [0.4, 0.5) is 0 Å². The number of carbonyl (C=O) groups is 2. The van der Waals surface area contributed by atoms with Gasteiger partial charge in [-0.15, -0.1) is 0 Å². The van der Waals surface area contributed by atoms with Crippen LogP contribution in [-0.2, 0) is 11.3 Å². The van der Waals surface area contributed by atoms with E-state index in [0.717, 1.165) is 5.56 Å². The molecular weight excluding hydrogens is 266 g/mol. The SMILES string of the molecule is CC1(C)CC(=O)CC(C)(C)N1Cc1ccccc1C(=O)O. The van der Waals surface area contributed by atoms with Crippen molar-refractivity contribution in [2.24, 2.45) is 0 Å². The minimum Gasteiger partial charge on any atom is -0.478 e. The van der Waals surface area contributed by atoms with E-state index in [2.05, 4.69) is 32.6 Å². The predicted octanol–water partition coefficient (Wildman–Crippen LogP) is 3.11. The normalized spacial score (nSPS) is 21.2. The van der Waals surface area contributed by atoms with E-state index in [1.54, 1.807) is 12.1 Å². The van der Waals surface area contributed by atoms with Gasteiger partial charge in [-0.2, -0.15) is 0 Å². The van der Waals surface area contributed by atoms with Gasteiger partial charge in [0, 0.05) is 30.5 Å². The summed E-state index contributed by atoms with van der Waals surface area (Å²) in [5.74, 6) is -0.637. The third-order valence-electron chi connectivity index (χ3n) is 4.30. The molecule has 0 radical (unpaired) electrons. The number of nitrogens with zero attached hydrogens (tertiary/aromatic N) is 1. The highest BCUT2D eigenvalue weighted by Crippen LogP contribution is 2.38. The Morgan fingerprint density at radius 1 is 1.14 bits per heavy atom. The fraction of sp³-hybridized carbons (Fsp3) is 0.529. The molecule has 4 heteroatoms. The van der Waals surface area contributed by atoms with Crippen LogP contribution in [0.1, 0.15) is 56.5 Å². The molecule has 1 heterocycles. The van der Waals surface area contributed by atoms with Gasteiger partial charge >= 0.3 is 5.97 Å². The van der Waals surface area contributed by atoms with Crippen LogP contribution in [0.5, 0.6) is 0 Å². The number of hydrogen-bond donors (Lipinski definition) is 1. The maximum absolute atomic E-state index is 11.9. The molecule has 1 aromatic carbocycles. The summed E-state index contributed by atoms with van der Waals surface area (Å²) >= 11 is 0. The molecule has 114 valence electrons. The van der Waals surface area contributed by atoms with Gasteiger partial charge in [0.2, 0.25) is 0 Å². The monoisotopic (exact) mass is 289 g/mol. The van der Waals surface area contributed by atoms with Crippen molar-refractivity contribution in [3.8, 4) is 0 Å². The van der Waals surface area contributed by atoms with Gasteiger partial charge in [0.15, 0.2) is 0 Å². The number of carboxylic acids is 1. The first-order valence-corrected chi connectivity index (χ1v) is 7.24. The molecule has 1 saturated heterocycles. The Labute approximate surface area is 125 Å². The number of likely N-dealkylation sites (tertiary alicyclic amines) is 1. The van der Waals surface area contributed by atoms with Crippen molar-refractivity contribution in [2.45, 2.75) is 58.2 Å². The fourth-order valence-corrected chi connectivity index (χ4v) is 3.50. The molecule has 0 spiro atoms. The molecule has 1 fully saturated rings. The lowest BCUT2D eigenvalue weighted by Gasteiger charge is -2.52. The molecule has 0 unspecified atom stereocenters. The molecule has 4 nitrogen and oxygen atoms in total. The smallest absolute Gasteiger partial charge is 0.336 e. The first-order valence-electron chi connectivity index (χ1n) is 7.24. The molecule has 2 rings (SSSR count). The van der Waals surface area contributed by atoms with Crippen molar-refractivity contribution in [1.29, 1.82) is 0 Å². The Bertz CT molecular complexity index is 555. The first kappa shape index (κ1) is 15.7. The van der Waals surface area contributed by atoms with Crippen molar-refractivity contribution < 1.29 is 14.7 Å². The van der Waals surface area contributed by atoms with Gasteiger partial charge in [0.25, 0.3) is 0 Å². The topological polar surface area (TPSA) is 57.6 Å². The second kappa shape index (κ2) is 5.26. The van der Waals surface area contributed by atoms with Gasteiger partial charge in [-0.3, -0.25) is 9.69 Å². The number of aromatic carboxylic acids is 1. The first-order chi connectivity index (χ1) is 9.63. The Morgan fingerprint density at radius 3 is 2.19 bits per heavy atom. The molecule has 1 aliphatic heterocycles. The predicted molar refractivity (Wildman–Crippen MR) is 81.3 cm³/mol. The fourth-order valence-electron chi connectivity index (χ4n) is 3.50. The molecule has 0 aromatic heterocycles. The van der Waals surface area contributed by atoms with Gasteiger partial charge in [-0.05, 0) is 39.3 Å². The van der Waals surface area contributed by atoms with E-state index in [9.17, 15) is 14.7 Å². The number of ketones is 1. The Balaban J connectivity index is 2.37. The van der Waals surface area contributed by atoms with E-state index >= 15 is 0 Å². The summed E-state index contributed by atoms with van der Waals surface area (Å²) in [6.45, 7) is 8.74. The van der Waals surface area contributed by atoms with Crippen molar-refractivity contribution in [3.63, 3.8) is 0 Å². The molecule has 0 atom stereocenters. The number of rotatable bonds is 3. The molecular formula is C17H23NO3. The van der Waals surface area contributed by atoms with Crippen LogP contribution in [0.3, 0.4) is 0 Å². The maximum atomic E-state index is 11.9. The third kappa shape index (κ3) is 3.16. The number of carbonyl (C=O) groups excluding carboxylic acids is 1. The Kier molecular flexibility index (Phi) is 3.93. The molecule has 21 heavy (non-hydrogen) atoms. The number of carboxylic acid groups (broad SMARTS) is 1. The minimum atomic E-state index is -0.908. The molecule has 0 bridgehead atoms. The third-order valence-corrected chi connectivity index (χ3v) is 4.30. The largest absolute Gasteiger partial charge is 0.478 e. The number of Topliss-reactive ketones (excluding diaryl/α,β-unsaturated/α-hetero) is 1. The second-order valence-electron chi connectivity index (χ2n) is 7.07. The zero-order chi connectivity index (χ0) is 15.8. The van der Waals surface area contributed by atoms with Crippen LogP contribution in [0.15, 0.2) is 24.3 Å². The van der Waals surface area contributed by atoms with E-state index < -0.39 is 5.97 Å². The van der Waals surface area contributed by atoms with Crippen molar-refractivity contribution in [3.05, 3.63) is 35.4 Å². The highest BCUT2D eigenvalue weighted by atomic mass is 16.4. The van der Waals surface area contributed by atoms with Gasteiger partial charge in [-0.1, -0.05) is 18.2 Å². The quantitative estimate of drug-likeness (QED) is 0.929. The standard InChI is InChI=1S/C17H23NO3/c1-16(2)9-13(19)10-17(3,4)18(16)11-12-7-5-6-8-14(12)15(20)21/h5-8H,9-11H2,1-4H3,(H,20,21). The Hall–Kier alpha value is -1.68. The second-order valence-corrected chi connectivity index (χ2v) is 7.07. The summed E-state index contributed by atoms with van der Waals surface area (Å²) in [5, 5.41) is 9.32. The van der Waals surface area contributed by atoms with Crippen LogP contribution in [0.2, 0.25) is 0 Å². The molecule has 1 aliphatic rings. The Morgan fingerprint density at radius 2 is 1.67 bits per heavy atom. The average Bonchev–Trinajstić information content (AvgIpc) is 2.32. The lowest BCUT2D eigenvalue weighted by Crippen LogP contribution is -2.60. The van der Waals surface area contributed by atoms with Crippen molar-refractivity contribution in [1.82, 2.24) is 4.90 Å². The number of hydrogen-bond acceptors (Lipinski definition) is 3. The van der Waals surface area contributed by atoms with Crippen molar-refractivity contribution in [2.75, 3.05) is 0 Å². The van der Waals surface area contributed by atoms with Gasteiger partial charge in [0.05, 0.1) is 5.56 Å². The molecule has 1 N–H and O–H groups in total. The zero-order valence-corrected chi connectivity index (χ0v) is 13.1. The van der Waals surface area contributed by atoms with E-state index in [4.69, 9.17) is 0 Å². The van der Waals surface area contributed by atoms with E-state index in [1.807, 2.05) is 12.1 Å². The summed E-state index contributed by atoms with van der Waals surface area (Å²) in [7, 11) is 0. The lowest BCUT2D eigenvalue weighted by molar-refractivity contribution is -0.134. The summed E-state index contributed by atoms with van der Waals surface area (Å²) in [4.78, 5) is 25.6. The summed E-state index contributed by atoms with van der Waals surface area (Å²) in [6, 6.07) is 7.08. The van der Waals surface area contributed by atoms with Crippen LogP contribution in [0, 0.1) is 0 Å². The van der Waals surface area contributed by atoms with E-state index in [1.165, 1.54) is 0 Å². The number of piperidine rings is 1. The molecule has 0 amide bonds. The van der Waals surface area contributed by atoms with Gasteiger partial charge < -0.3 is 5.11 Å². The van der Waals surface area contributed by atoms with Crippen LogP contribution in [-0.4, -0.2) is 32.8 Å². The van der Waals surface area contributed by atoms with Crippen molar-refractivity contribution >= 4 is 11.8 Å². The summed E-state index contributed by atoms with van der Waals surface area (Å²) < 4.78 is 0. The van der Waals surface area contributed by atoms with Gasteiger partial charge in [-0.25, -0.2) is 4.79 Å². The van der Waals surface area contributed by atoms with Crippen LogP contribution >= 0.6 is 0 Å². The number of benzene rings is 1. The highest BCUT2D eigenvalue weighted by molar-refractivity contribution is 5.89. The summed E-state index contributed by atoms with van der Waals surface area (Å²) in [5.41, 5.74) is 0.580. The zero-order valence-electron chi connectivity index (χ0n) is 13.1. The van der Waals surface area contributed by atoms with Crippen LogP contribution in [0.25, 0.3) is 0 Å². The molecule has 1 aromatic rings. The van der Waals surface area contributed by atoms with E-state index in [-0.39, 0.29) is 16.9 Å². The van der Waals surface area contributed by atoms with Gasteiger partial charge in [0.1, 0.15) is 5.78 Å². The summed E-state index contributed by atoms with van der Waals surface area (Å²) in [6.07, 6.45) is 1.01. The average molecular weight is 289 g/mol. The van der Waals surface area contributed by atoms with Crippen LogP contribution < -0.4 is 0 Å². The van der Waals surface area contributed by atoms with E-state index in [0.29, 0.717) is 24.9 Å². The molecule has 0 aliphatic carbocycles. The highest BCUT2D eigenvalue weighted by Gasteiger charge is 2.44.